The Morgan fingerprint density at radius 1 is 1.00 bits per heavy atom. The zero-order chi connectivity index (χ0) is 16.9. The van der Waals surface area contributed by atoms with Crippen LogP contribution < -0.4 is 0 Å². The van der Waals surface area contributed by atoms with E-state index in [1.807, 2.05) is 60.8 Å². The van der Waals surface area contributed by atoms with Crippen molar-refractivity contribution in [3.63, 3.8) is 0 Å². The average Bonchev–Trinajstić information content (AvgIpc) is 3.16. The standard InChI is InChI=1S/C20H20O2S2/c1-14(19(21)22-2)18(20-23-12-13-24-20)17-11-7-6-10-16(17)15-8-4-3-5-9-15/h3-11,20H,12-13H2,1-2H3. The van der Waals surface area contributed by atoms with Crippen molar-refractivity contribution in [3.05, 3.63) is 65.7 Å². The van der Waals surface area contributed by atoms with E-state index in [9.17, 15) is 4.79 Å². The summed E-state index contributed by atoms with van der Waals surface area (Å²) in [7, 11) is 1.45. The van der Waals surface area contributed by atoms with Gasteiger partial charge in [-0.2, -0.15) is 0 Å². The van der Waals surface area contributed by atoms with Crippen LogP contribution >= 0.6 is 23.5 Å². The zero-order valence-corrected chi connectivity index (χ0v) is 15.5. The van der Waals surface area contributed by atoms with Crippen molar-refractivity contribution < 1.29 is 9.53 Å². The molecular weight excluding hydrogens is 336 g/mol. The van der Waals surface area contributed by atoms with Crippen molar-refractivity contribution in [2.45, 2.75) is 11.5 Å². The quantitative estimate of drug-likeness (QED) is 0.562. The molecule has 0 unspecified atom stereocenters. The van der Waals surface area contributed by atoms with Crippen molar-refractivity contribution in [1.82, 2.24) is 0 Å². The smallest absolute Gasteiger partial charge is 0.333 e. The van der Waals surface area contributed by atoms with E-state index in [1.165, 1.54) is 7.11 Å². The lowest BCUT2D eigenvalue weighted by Crippen LogP contribution is -2.10. The SMILES string of the molecule is COC(=O)C(C)=C(c1ccccc1-c1ccccc1)C1SCCS1. The predicted molar refractivity (Wildman–Crippen MR) is 105 cm³/mol. The third-order valence-electron chi connectivity index (χ3n) is 4.06. The number of hydrogen-bond acceptors (Lipinski definition) is 4. The monoisotopic (exact) mass is 356 g/mol. The summed E-state index contributed by atoms with van der Waals surface area (Å²) in [6.45, 7) is 1.88. The number of carbonyl (C=O) groups excluding carboxylic acids is 1. The van der Waals surface area contributed by atoms with Gasteiger partial charge in [-0.15, -0.1) is 23.5 Å². The Morgan fingerprint density at radius 2 is 1.62 bits per heavy atom. The molecule has 0 spiro atoms. The van der Waals surface area contributed by atoms with Gasteiger partial charge in [0, 0.05) is 17.1 Å². The lowest BCUT2D eigenvalue weighted by atomic mass is 9.92. The highest BCUT2D eigenvalue weighted by molar-refractivity contribution is 8.20. The van der Waals surface area contributed by atoms with Gasteiger partial charge in [0.15, 0.2) is 0 Å². The fourth-order valence-electron chi connectivity index (χ4n) is 2.88. The molecule has 124 valence electrons. The molecule has 0 aliphatic carbocycles. The Labute approximate surface area is 151 Å². The minimum absolute atomic E-state index is 0.249. The Balaban J connectivity index is 2.17. The average molecular weight is 357 g/mol. The van der Waals surface area contributed by atoms with Crippen LogP contribution in [0.3, 0.4) is 0 Å². The van der Waals surface area contributed by atoms with Crippen LogP contribution in [0.25, 0.3) is 16.7 Å². The number of rotatable bonds is 4. The molecule has 1 fully saturated rings. The van der Waals surface area contributed by atoms with Gasteiger partial charge in [-0.05, 0) is 29.2 Å². The lowest BCUT2D eigenvalue weighted by molar-refractivity contribution is -0.135. The fourth-order valence-corrected chi connectivity index (χ4v) is 5.98. The molecule has 0 atom stereocenters. The normalized spacial score (nSPS) is 15.9. The number of benzene rings is 2. The molecule has 4 heteroatoms. The van der Waals surface area contributed by atoms with Gasteiger partial charge in [0.05, 0.1) is 11.7 Å². The maximum Gasteiger partial charge on any atom is 0.333 e. The third-order valence-corrected chi connectivity index (χ3v) is 7.09. The van der Waals surface area contributed by atoms with Crippen molar-refractivity contribution >= 4 is 35.1 Å². The number of hydrogen-bond donors (Lipinski definition) is 0. The molecule has 3 rings (SSSR count). The van der Waals surface area contributed by atoms with Crippen LogP contribution in [0.2, 0.25) is 0 Å². The summed E-state index contributed by atoms with van der Waals surface area (Å²) >= 11 is 3.81. The summed E-state index contributed by atoms with van der Waals surface area (Å²) in [6.07, 6.45) is 0. The predicted octanol–water partition coefficient (Wildman–Crippen LogP) is 5.11. The molecule has 24 heavy (non-hydrogen) atoms. The molecule has 1 saturated heterocycles. The van der Waals surface area contributed by atoms with E-state index in [1.54, 1.807) is 0 Å². The Kier molecular flexibility index (Phi) is 5.69. The highest BCUT2D eigenvalue weighted by Gasteiger charge is 2.27. The summed E-state index contributed by atoms with van der Waals surface area (Å²) in [4.78, 5) is 12.2. The van der Waals surface area contributed by atoms with Crippen molar-refractivity contribution in [2.75, 3.05) is 18.6 Å². The van der Waals surface area contributed by atoms with E-state index in [-0.39, 0.29) is 10.6 Å². The molecule has 1 heterocycles. The maximum atomic E-state index is 12.2. The molecule has 2 aromatic carbocycles. The number of carbonyl (C=O) groups is 1. The molecule has 1 aliphatic heterocycles. The Hall–Kier alpha value is -1.65. The number of esters is 1. The van der Waals surface area contributed by atoms with Crippen molar-refractivity contribution in [1.29, 1.82) is 0 Å². The molecule has 2 nitrogen and oxygen atoms in total. The minimum Gasteiger partial charge on any atom is -0.466 e. The first-order valence-corrected chi connectivity index (χ1v) is 9.99. The minimum atomic E-state index is -0.249. The van der Waals surface area contributed by atoms with E-state index < -0.39 is 0 Å². The highest BCUT2D eigenvalue weighted by atomic mass is 32.2. The highest BCUT2D eigenvalue weighted by Crippen LogP contribution is 2.45. The van der Waals surface area contributed by atoms with Crippen LogP contribution in [0.4, 0.5) is 0 Å². The van der Waals surface area contributed by atoms with Gasteiger partial charge in [-0.25, -0.2) is 4.79 Å². The number of methoxy groups -OCH3 is 1. The van der Waals surface area contributed by atoms with Crippen LogP contribution in [0, 0.1) is 0 Å². The van der Waals surface area contributed by atoms with Crippen LogP contribution in [0.5, 0.6) is 0 Å². The topological polar surface area (TPSA) is 26.3 Å². The molecular formula is C20H20O2S2. The largest absolute Gasteiger partial charge is 0.466 e. The van der Waals surface area contributed by atoms with Gasteiger partial charge in [-0.3, -0.25) is 0 Å². The summed E-state index contributed by atoms with van der Waals surface area (Å²) in [5, 5.41) is 0. The summed E-state index contributed by atoms with van der Waals surface area (Å²) < 4.78 is 5.28. The molecule has 1 aliphatic rings. The Morgan fingerprint density at radius 3 is 2.29 bits per heavy atom. The van der Waals surface area contributed by atoms with E-state index in [2.05, 4.69) is 24.3 Å². The second-order valence-corrected chi connectivity index (χ2v) is 8.24. The summed E-state index contributed by atoms with van der Waals surface area (Å²) in [5.41, 5.74) is 5.24. The van der Waals surface area contributed by atoms with Gasteiger partial charge in [0.25, 0.3) is 0 Å². The summed E-state index contributed by atoms with van der Waals surface area (Å²) in [6, 6.07) is 18.7. The second-order valence-electron chi connectivity index (χ2n) is 5.52. The van der Waals surface area contributed by atoms with E-state index in [4.69, 9.17) is 4.74 Å². The molecule has 0 N–H and O–H groups in total. The number of thioether (sulfide) groups is 2. The summed E-state index contributed by atoms with van der Waals surface area (Å²) in [5.74, 6) is 1.97. The molecule has 0 amide bonds. The fraction of sp³-hybridized carbons (Fsp3) is 0.250. The zero-order valence-electron chi connectivity index (χ0n) is 13.8. The first-order chi connectivity index (χ1) is 11.7. The van der Waals surface area contributed by atoms with Crippen molar-refractivity contribution in [3.8, 4) is 11.1 Å². The molecule has 0 saturated carbocycles. The second kappa shape index (κ2) is 7.95. The molecule has 0 bridgehead atoms. The van der Waals surface area contributed by atoms with Crippen LogP contribution in [-0.4, -0.2) is 29.2 Å². The van der Waals surface area contributed by atoms with Gasteiger partial charge >= 0.3 is 5.97 Å². The van der Waals surface area contributed by atoms with Crippen LogP contribution in [0.15, 0.2) is 60.2 Å². The first-order valence-electron chi connectivity index (χ1n) is 7.89. The van der Waals surface area contributed by atoms with Crippen molar-refractivity contribution in [2.24, 2.45) is 0 Å². The maximum absolute atomic E-state index is 12.2. The van der Waals surface area contributed by atoms with Gasteiger partial charge < -0.3 is 4.74 Å². The molecule has 0 radical (unpaired) electrons. The van der Waals surface area contributed by atoms with Crippen LogP contribution in [0.1, 0.15) is 12.5 Å². The first kappa shape index (κ1) is 17.2. The lowest BCUT2D eigenvalue weighted by Gasteiger charge is -2.20. The van der Waals surface area contributed by atoms with E-state index in [0.29, 0.717) is 5.57 Å². The van der Waals surface area contributed by atoms with E-state index in [0.717, 1.165) is 33.8 Å². The third kappa shape index (κ3) is 3.55. The molecule has 0 aromatic heterocycles. The van der Waals surface area contributed by atoms with Gasteiger partial charge in [0.1, 0.15) is 0 Å². The van der Waals surface area contributed by atoms with Crippen LogP contribution in [-0.2, 0) is 9.53 Å². The molecule has 2 aromatic rings. The van der Waals surface area contributed by atoms with Gasteiger partial charge in [-0.1, -0.05) is 54.6 Å². The Bertz CT molecular complexity index is 747. The van der Waals surface area contributed by atoms with Gasteiger partial charge in [0.2, 0.25) is 0 Å². The van der Waals surface area contributed by atoms with E-state index >= 15 is 0 Å². The number of ether oxygens (including phenoxy) is 1.